The Bertz CT molecular complexity index is 907. The van der Waals surface area contributed by atoms with E-state index in [2.05, 4.69) is 15.5 Å². The topological polar surface area (TPSA) is 17.3 Å². The minimum atomic E-state index is -0.220. The average molecular weight is 262 g/mol. The maximum atomic E-state index is 13.1. The lowest BCUT2D eigenvalue weighted by Crippen LogP contribution is -1.92. The van der Waals surface area contributed by atoms with Gasteiger partial charge in [-0.05, 0) is 48.0 Å². The van der Waals surface area contributed by atoms with Gasteiger partial charge in [-0.15, -0.1) is 0 Å². The molecule has 0 saturated heterocycles. The predicted octanol–water partition coefficient (Wildman–Crippen LogP) is 4.29. The van der Waals surface area contributed by atoms with Gasteiger partial charge in [0.1, 0.15) is 11.5 Å². The first kappa shape index (κ1) is 11.2. The molecule has 0 atom stereocenters. The van der Waals surface area contributed by atoms with Crippen molar-refractivity contribution in [3.05, 3.63) is 72.8 Å². The minimum Gasteiger partial charge on any atom is -0.301 e. The standard InChI is InChI=1S/C17H11FN2/c18-14-7-5-12(6-8-14)15-11-13-3-1-9-19-17(13)20-10-2-4-16(15)20/h1-11H. The number of nitrogens with zero attached hydrogens (tertiary/aromatic N) is 2. The molecule has 4 rings (SSSR count). The number of rotatable bonds is 1. The summed E-state index contributed by atoms with van der Waals surface area (Å²) >= 11 is 0. The van der Waals surface area contributed by atoms with Crippen LogP contribution >= 0.6 is 0 Å². The molecule has 4 aromatic rings. The molecule has 96 valence electrons. The van der Waals surface area contributed by atoms with E-state index in [0.29, 0.717) is 0 Å². The van der Waals surface area contributed by atoms with E-state index in [4.69, 9.17) is 0 Å². The average Bonchev–Trinajstić information content (AvgIpc) is 2.97. The van der Waals surface area contributed by atoms with Crippen molar-refractivity contribution in [2.45, 2.75) is 0 Å². The molecule has 0 unspecified atom stereocenters. The molecule has 0 radical (unpaired) electrons. The number of hydrogen-bond donors (Lipinski definition) is 0. The van der Waals surface area contributed by atoms with Crippen LogP contribution in [0.1, 0.15) is 0 Å². The lowest BCUT2D eigenvalue weighted by molar-refractivity contribution is 0.628. The molecule has 0 N–H and O–H groups in total. The van der Waals surface area contributed by atoms with Gasteiger partial charge in [0.05, 0.1) is 5.52 Å². The van der Waals surface area contributed by atoms with Crippen LogP contribution in [0.4, 0.5) is 4.39 Å². The Hall–Kier alpha value is -2.68. The summed E-state index contributed by atoms with van der Waals surface area (Å²) in [4.78, 5) is 4.43. The lowest BCUT2D eigenvalue weighted by Gasteiger charge is -2.09. The van der Waals surface area contributed by atoms with Crippen molar-refractivity contribution < 1.29 is 4.39 Å². The van der Waals surface area contributed by atoms with E-state index < -0.39 is 0 Å². The molecule has 1 aromatic carbocycles. The zero-order chi connectivity index (χ0) is 13.5. The fraction of sp³-hybridized carbons (Fsp3) is 0. The Morgan fingerprint density at radius 2 is 1.80 bits per heavy atom. The van der Waals surface area contributed by atoms with Gasteiger partial charge >= 0.3 is 0 Å². The number of halogens is 1. The Morgan fingerprint density at radius 3 is 2.65 bits per heavy atom. The normalized spacial score (nSPS) is 11.2. The van der Waals surface area contributed by atoms with E-state index in [1.54, 1.807) is 18.3 Å². The second kappa shape index (κ2) is 4.17. The van der Waals surface area contributed by atoms with E-state index >= 15 is 0 Å². The molecule has 20 heavy (non-hydrogen) atoms. The maximum Gasteiger partial charge on any atom is 0.144 e. The van der Waals surface area contributed by atoms with E-state index in [1.165, 1.54) is 12.1 Å². The summed E-state index contributed by atoms with van der Waals surface area (Å²) < 4.78 is 15.2. The maximum absolute atomic E-state index is 13.1. The Labute approximate surface area is 115 Å². The summed E-state index contributed by atoms with van der Waals surface area (Å²) in [5.74, 6) is -0.220. The Balaban J connectivity index is 2.11. The minimum absolute atomic E-state index is 0.220. The van der Waals surface area contributed by atoms with E-state index in [1.807, 2.05) is 30.5 Å². The highest BCUT2D eigenvalue weighted by Gasteiger charge is 2.08. The van der Waals surface area contributed by atoms with Gasteiger partial charge in [-0.3, -0.25) is 0 Å². The second-order valence-electron chi connectivity index (χ2n) is 4.74. The van der Waals surface area contributed by atoms with Crippen LogP contribution in [0.3, 0.4) is 0 Å². The summed E-state index contributed by atoms with van der Waals surface area (Å²) in [6, 6.07) is 16.7. The van der Waals surface area contributed by atoms with Crippen molar-refractivity contribution in [3.8, 4) is 11.1 Å². The van der Waals surface area contributed by atoms with E-state index in [9.17, 15) is 4.39 Å². The SMILES string of the molecule is Fc1ccc(-c2cc3cccnc3n3cccc23)cc1. The van der Waals surface area contributed by atoms with Crippen LogP contribution in [0, 0.1) is 5.82 Å². The molecule has 0 aliphatic carbocycles. The molecule has 0 spiro atoms. The number of benzene rings is 1. The number of fused-ring (bicyclic) bond motifs is 3. The molecule has 0 amide bonds. The zero-order valence-corrected chi connectivity index (χ0v) is 10.6. The molecule has 0 aliphatic heterocycles. The first-order valence-corrected chi connectivity index (χ1v) is 6.44. The third-order valence-corrected chi connectivity index (χ3v) is 3.52. The number of aromatic nitrogens is 2. The van der Waals surface area contributed by atoms with Crippen LogP contribution in [-0.4, -0.2) is 9.38 Å². The molecule has 2 nitrogen and oxygen atoms in total. The highest BCUT2D eigenvalue weighted by atomic mass is 19.1. The third-order valence-electron chi connectivity index (χ3n) is 3.52. The van der Waals surface area contributed by atoms with Gasteiger partial charge in [-0.2, -0.15) is 0 Å². The molecular weight excluding hydrogens is 251 g/mol. The monoisotopic (exact) mass is 262 g/mol. The third kappa shape index (κ3) is 1.60. The first-order chi connectivity index (χ1) is 9.83. The highest BCUT2D eigenvalue weighted by molar-refractivity contribution is 5.91. The van der Waals surface area contributed by atoms with Gasteiger partial charge < -0.3 is 4.40 Å². The first-order valence-electron chi connectivity index (χ1n) is 6.44. The fourth-order valence-electron chi connectivity index (χ4n) is 2.60. The molecule has 3 heterocycles. The summed E-state index contributed by atoms with van der Waals surface area (Å²) in [6.45, 7) is 0. The van der Waals surface area contributed by atoms with Gasteiger partial charge in [0.2, 0.25) is 0 Å². The van der Waals surface area contributed by atoms with Gasteiger partial charge in [0.15, 0.2) is 0 Å². The molecule has 0 fully saturated rings. The van der Waals surface area contributed by atoms with Crippen LogP contribution in [0.25, 0.3) is 27.7 Å². The Morgan fingerprint density at radius 1 is 0.950 bits per heavy atom. The summed E-state index contributed by atoms with van der Waals surface area (Å²) in [7, 11) is 0. The van der Waals surface area contributed by atoms with Crippen LogP contribution in [0.5, 0.6) is 0 Å². The van der Waals surface area contributed by atoms with Crippen LogP contribution < -0.4 is 0 Å². The molecule has 3 heteroatoms. The highest BCUT2D eigenvalue weighted by Crippen LogP contribution is 2.29. The van der Waals surface area contributed by atoms with Gasteiger partial charge in [-0.1, -0.05) is 12.1 Å². The molecule has 0 bridgehead atoms. The Kier molecular flexibility index (Phi) is 2.33. The molecule has 0 saturated carbocycles. The van der Waals surface area contributed by atoms with Crippen molar-refractivity contribution in [1.29, 1.82) is 0 Å². The summed E-state index contributed by atoms with van der Waals surface area (Å²) in [5, 5.41) is 1.07. The van der Waals surface area contributed by atoms with Gasteiger partial charge in [-0.25, -0.2) is 9.37 Å². The van der Waals surface area contributed by atoms with Gasteiger partial charge in [0.25, 0.3) is 0 Å². The van der Waals surface area contributed by atoms with Crippen LogP contribution in [0.2, 0.25) is 0 Å². The van der Waals surface area contributed by atoms with Crippen molar-refractivity contribution in [1.82, 2.24) is 9.38 Å². The van der Waals surface area contributed by atoms with Crippen molar-refractivity contribution in [2.75, 3.05) is 0 Å². The lowest BCUT2D eigenvalue weighted by atomic mass is 10.0. The van der Waals surface area contributed by atoms with Gasteiger partial charge in [0, 0.05) is 23.3 Å². The second-order valence-corrected chi connectivity index (χ2v) is 4.74. The number of hydrogen-bond acceptors (Lipinski definition) is 1. The molecule has 3 aromatic heterocycles. The molecule has 0 aliphatic rings. The summed E-state index contributed by atoms with van der Waals surface area (Å²) in [5.41, 5.74) is 4.08. The van der Waals surface area contributed by atoms with E-state index in [-0.39, 0.29) is 5.82 Å². The summed E-state index contributed by atoms with van der Waals surface area (Å²) in [6.07, 6.45) is 3.79. The van der Waals surface area contributed by atoms with Crippen molar-refractivity contribution in [3.63, 3.8) is 0 Å². The van der Waals surface area contributed by atoms with Crippen molar-refractivity contribution in [2.24, 2.45) is 0 Å². The van der Waals surface area contributed by atoms with E-state index in [0.717, 1.165) is 27.7 Å². The quantitative estimate of drug-likeness (QED) is 0.500. The number of pyridine rings is 2. The van der Waals surface area contributed by atoms with Crippen LogP contribution in [0.15, 0.2) is 67.0 Å². The smallest absolute Gasteiger partial charge is 0.144 e. The zero-order valence-electron chi connectivity index (χ0n) is 10.6. The van der Waals surface area contributed by atoms with Crippen LogP contribution in [-0.2, 0) is 0 Å². The molecular formula is C17H11FN2. The van der Waals surface area contributed by atoms with Crippen molar-refractivity contribution >= 4 is 16.6 Å². The largest absolute Gasteiger partial charge is 0.301 e. The predicted molar refractivity (Wildman–Crippen MR) is 78.1 cm³/mol. The fourth-order valence-corrected chi connectivity index (χ4v) is 2.60.